The van der Waals surface area contributed by atoms with Crippen molar-refractivity contribution in [2.24, 2.45) is 0 Å². The second-order valence-electron chi connectivity index (χ2n) is 6.26. The van der Waals surface area contributed by atoms with E-state index in [2.05, 4.69) is 6.92 Å². The lowest BCUT2D eigenvalue weighted by Gasteiger charge is -2.40. The average Bonchev–Trinajstić information content (AvgIpc) is 2.70. The molecule has 0 aromatic rings. The first-order valence-corrected chi connectivity index (χ1v) is 7.91. The quantitative estimate of drug-likeness (QED) is 0.734. The third kappa shape index (κ3) is 3.09. The van der Waals surface area contributed by atoms with Crippen LogP contribution in [0.15, 0.2) is 11.5 Å². The summed E-state index contributed by atoms with van der Waals surface area (Å²) in [4.78, 5) is 11.9. The van der Waals surface area contributed by atoms with Gasteiger partial charge < -0.3 is 19.7 Å². The molecule has 0 radical (unpaired) electrons. The van der Waals surface area contributed by atoms with Crippen molar-refractivity contribution >= 4 is 5.78 Å². The van der Waals surface area contributed by atoms with Crippen LogP contribution in [0.4, 0.5) is 0 Å². The molecule has 0 bridgehead atoms. The second kappa shape index (κ2) is 6.36. The van der Waals surface area contributed by atoms with E-state index >= 15 is 0 Å². The molecule has 0 amide bonds. The van der Waals surface area contributed by atoms with E-state index in [-0.39, 0.29) is 17.3 Å². The molecule has 2 aliphatic heterocycles. The zero-order chi connectivity index (χ0) is 15.6. The molecule has 5 heteroatoms. The number of Topliss-reactive ketones (excluding diaryl/α,β-unsaturated/α-hetero) is 1. The number of ether oxygens (including phenoxy) is 2. The molecule has 0 aromatic heterocycles. The van der Waals surface area contributed by atoms with E-state index in [9.17, 15) is 15.0 Å². The summed E-state index contributed by atoms with van der Waals surface area (Å²) in [5, 5.41) is 20.9. The molecular formula is C16H26O5. The molecule has 2 aliphatic rings. The van der Waals surface area contributed by atoms with Gasteiger partial charge in [-0.2, -0.15) is 0 Å². The molecule has 0 spiro atoms. The SMILES string of the molecule is CCCCCCC[C@@H]1OC2=C(C(=O)[C@H](C)O2)[C@H](O)[C@@]1(C)O. The molecule has 120 valence electrons. The van der Waals surface area contributed by atoms with Gasteiger partial charge in [-0.3, -0.25) is 4.79 Å². The molecule has 2 N–H and O–H groups in total. The van der Waals surface area contributed by atoms with Gasteiger partial charge in [-0.25, -0.2) is 0 Å². The number of carbonyl (C=O) groups is 1. The molecule has 0 aliphatic carbocycles. The van der Waals surface area contributed by atoms with Crippen LogP contribution in [0.5, 0.6) is 0 Å². The van der Waals surface area contributed by atoms with Crippen molar-refractivity contribution in [2.75, 3.05) is 0 Å². The first-order valence-electron chi connectivity index (χ1n) is 7.91. The number of ketones is 1. The van der Waals surface area contributed by atoms with Gasteiger partial charge in [0.1, 0.15) is 23.4 Å². The third-order valence-electron chi connectivity index (χ3n) is 4.44. The largest absolute Gasteiger partial charge is 0.459 e. The molecule has 5 nitrogen and oxygen atoms in total. The molecule has 0 saturated heterocycles. The summed E-state index contributed by atoms with van der Waals surface area (Å²) in [5.74, 6) is -0.204. The van der Waals surface area contributed by atoms with Gasteiger partial charge in [0, 0.05) is 0 Å². The van der Waals surface area contributed by atoms with E-state index < -0.39 is 23.9 Å². The molecule has 21 heavy (non-hydrogen) atoms. The fourth-order valence-electron chi connectivity index (χ4n) is 2.94. The molecule has 4 atom stereocenters. The van der Waals surface area contributed by atoms with Crippen molar-refractivity contribution in [3.8, 4) is 0 Å². The van der Waals surface area contributed by atoms with Crippen LogP contribution in [0.25, 0.3) is 0 Å². The highest BCUT2D eigenvalue weighted by Gasteiger charge is 2.53. The van der Waals surface area contributed by atoms with Gasteiger partial charge in [-0.15, -0.1) is 0 Å². The summed E-state index contributed by atoms with van der Waals surface area (Å²) in [6.07, 6.45) is 3.72. The smallest absolute Gasteiger partial charge is 0.290 e. The van der Waals surface area contributed by atoms with Crippen LogP contribution in [0.3, 0.4) is 0 Å². The van der Waals surface area contributed by atoms with Crippen LogP contribution in [0.2, 0.25) is 0 Å². The first kappa shape index (κ1) is 16.3. The maximum atomic E-state index is 11.9. The Kier molecular flexibility index (Phi) is 4.94. The van der Waals surface area contributed by atoms with E-state index in [1.165, 1.54) is 19.8 Å². The summed E-state index contributed by atoms with van der Waals surface area (Å²) < 4.78 is 11.0. The minimum atomic E-state index is -1.47. The number of hydrogen-bond acceptors (Lipinski definition) is 5. The number of aliphatic hydroxyl groups excluding tert-OH is 1. The van der Waals surface area contributed by atoms with E-state index in [1.54, 1.807) is 6.92 Å². The van der Waals surface area contributed by atoms with Gasteiger partial charge in [0.15, 0.2) is 6.10 Å². The summed E-state index contributed by atoms with van der Waals surface area (Å²) in [5.41, 5.74) is -1.39. The first-order chi connectivity index (χ1) is 9.89. The predicted molar refractivity (Wildman–Crippen MR) is 77.5 cm³/mol. The summed E-state index contributed by atoms with van der Waals surface area (Å²) in [6.45, 7) is 5.30. The number of rotatable bonds is 6. The Morgan fingerprint density at radius 2 is 1.86 bits per heavy atom. The highest BCUT2D eigenvalue weighted by atomic mass is 16.7. The van der Waals surface area contributed by atoms with Crippen molar-refractivity contribution < 1.29 is 24.5 Å². The van der Waals surface area contributed by atoms with Gasteiger partial charge in [0.2, 0.25) is 5.78 Å². The van der Waals surface area contributed by atoms with Gasteiger partial charge in [-0.05, 0) is 26.7 Å². The minimum Gasteiger partial charge on any atom is -0.459 e. The molecule has 2 heterocycles. The highest BCUT2D eigenvalue weighted by molar-refractivity contribution is 6.01. The Morgan fingerprint density at radius 3 is 2.52 bits per heavy atom. The molecule has 2 rings (SSSR count). The lowest BCUT2D eigenvalue weighted by molar-refractivity contribution is -0.170. The van der Waals surface area contributed by atoms with Gasteiger partial charge >= 0.3 is 0 Å². The Balaban J connectivity index is 2.01. The highest BCUT2D eigenvalue weighted by Crippen LogP contribution is 2.39. The molecular weight excluding hydrogens is 272 g/mol. The maximum absolute atomic E-state index is 11.9. The fraction of sp³-hybridized carbons (Fsp3) is 0.812. The van der Waals surface area contributed by atoms with Crippen molar-refractivity contribution in [1.82, 2.24) is 0 Å². The van der Waals surface area contributed by atoms with Crippen molar-refractivity contribution in [1.29, 1.82) is 0 Å². The topological polar surface area (TPSA) is 76.0 Å². The number of aliphatic hydroxyl groups is 2. The molecule has 0 saturated carbocycles. The van der Waals surface area contributed by atoms with E-state index in [0.29, 0.717) is 6.42 Å². The normalized spacial score (nSPS) is 35.5. The van der Waals surface area contributed by atoms with Crippen LogP contribution in [0.1, 0.15) is 59.3 Å². The van der Waals surface area contributed by atoms with E-state index in [4.69, 9.17) is 9.47 Å². The predicted octanol–water partition coefficient (Wildman–Crippen LogP) is 2.06. The third-order valence-corrected chi connectivity index (χ3v) is 4.44. The van der Waals surface area contributed by atoms with E-state index in [0.717, 1.165) is 19.3 Å². The van der Waals surface area contributed by atoms with Crippen LogP contribution in [0, 0.1) is 0 Å². The van der Waals surface area contributed by atoms with Gasteiger partial charge in [0.05, 0.1) is 0 Å². The van der Waals surface area contributed by atoms with Gasteiger partial charge in [0.25, 0.3) is 5.95 Å². The Morgan fingerprint density at radius 1 is 1.19 bits per heavy atom. The molecule has 0 aromatic carbocycles. The van der Waals surface area contributed by atoms with Crippen molar-refractivity contribution in [3.05, 3.63) is 11.5 Å². The van der Waals surface area contributed by atoms with Crippen LogP contribution >= 0.6 is 0 Å². The van der Waals surface area contributed by atoms with Crippen LogP contribution in [-0.2, 0) is 14.3 Å². The average molecular weight is 298 g/mol. The minimum absolute atomic E-state index is 0.0785. The Bertz CT molecular complexity index is 426. The van der Waals surface area contributed by atoms with Gasteiger partial charge in [-0.1, -0.05) is 32.6 Å². The van der Waals surface area contributed by atoms with Crippen molar-refractivity contribution in [2.45, 2.75) is 83.2 Å². The zero-order valence-corrected chi connectivity index (χ0v) is 13.1. The monoisotopic (exact) mass is 298 g/mol. The van der Waals surface area contributed by atoms with Crippen LogP contribution < -0.4 is 0 Å². The number of unbranched alkanes of at least 4 members (excludes halogenated alkanes) is 4. The Hall–Kier alpha value is -1.07. The zero-order valence-electron chi connectivity index (χ0n) is 13.1. The fourth-order valence-corrected chi connectivity index (χ4v) is 2.94. The maximum Gasteiger partial charge on any atom is 0.290 e. The lowest BCUT2D eigenvalue weighted by Crippen LogP contribution is -2.55. The molecule has 0 fully saturated rings. The van der Waals surface area contributed by atoms with E-state index in [1.807, 2.05) is 0 Å². The standard InChI is InChI=1S/C16H26O5/c1-4-5-6-7-8-9-11-16(3,19)14(18)12-13(17)10(2)20-15(12)21-11/h10-11,14,18-19H,4-9H2,1-3H3/t10-,11-,14-,16-/m0/s1. The molecule has 0 unspecified atom stereocenters. The van der Waals surface area contributed by atoms with Crippen LogP contribution in [-0.4, -0.2) is 39.9 Å². The van der Waals surface area contributed by atoms with Crippen molar-refractivity contribution in [3.63, 3.8) is 0 Å². The summed E-state index contributed by atoms with van der Waals surface area (Å²) in [6, 6.07) is 0. The second-order valence-corrected chi connectivity index (χ2v) is 6.26. The summed E-state index contributed by atoms with van der Waals surface area (Å²) >= 11 is 0. The number of carbonyl (C=O) groups excluding carboxylic acids is 1. The number of hydrogen-bond donors (Lipinski definition) is 2. The lowest BCUT2D eigenvalue weighted by atomic mass is 9.82. The summed E-state index contributed by atoms with van der Waals surface area (Å²) in [7, 11) is 0. The Labute approximate surface area is 125 Å².